The van der Waals surface area contributed by atoms with Gasteiger partial charge in [0.05, 0.1) is 7.11 Å². The Bertz CT molecular complexity index is 265. The normalized spacial score (nSPS) is 9.83. The molecule has 1 rings (SSSR count). The molecule has 0 radical (unpaired) electrons. The predicted molar refractivity (Wildman–Crippen MR) is 46.1 cm³/mol. The van der Waals surface area contributed by atoms with Crippen LogP contribution in [0.1, 0.15) is 29.4 Å². The van der Waals surface area contributed by atoms with E-state index in [2.05, 4.69) is 16.6 Å². The average molecular weight is 167 g/mol. The number of rotatable bonds is 3. The van der Waals surface area contributed by atoms with Crippen molar-refractivity contribution in [2.75, 3.05) is 7.11 Å². The molecule has 0 saturated carbocycles. The minimum atomic E-state index is -0.288. The van der Waals surface area contributed by atoms with Crippen LogP contribution in [0.15, 0.2) is 12.3 Å². The van der Waals surface area contributed by atoms with Crippen LogP contribution in [0, 0.1) is 0 Å². The second-order valence-corrected chi connectivity index (χ2v) is 2.62. The quantitative estimate of drug-likeness (QED) is 0.697. The van der Waals surface area contributed by atoms with Crippen LogP contribution in [0.25, 0.3) is 0 Å². The van der Waals surface area contributed by atoms with Gasteiger partial charge in [-0.25, -0.2) is 4.79 Å². The molecule has 66 valence electrons. The third-order valence-corrected chi connectivity index (χ3v) is 1.74. The van der Waals surface area contributed by atoms with Gasteiger partial charge in [0.1, 0.15) is 5.69 Å². The first-order valence-corrected chi connectivity index (χ1v) is 4.04. The van der Waals surface area contributed by atoms with Gasteiger partial charge >= 0.3 is 5.97 Å². The fraction of sp³-hybridized carbons (Fsp3) is 0.444. The van der Waals surface area contributed by atoms with Gasteiger partial charge in [-0.1, -0.05) is 13.3 Å². The summed E-state index contributed by atoms with van der Waals surface area (Å²) < 4.78 is 4.61. The number of H-pyrrole nitrogens is 1. The number of aryl methyl sites for hydroxylation is 1. The Morgan fingerprint density at radius 1 is 1.67 bits per heavy atom. The third kappa shape index (κ3) is 1.67. The van der Waals surface area contributed by atoms with Gasteiger partial charge in [0.25, 0.3) is 0 Å². The SMILES string of the molecule is CCCc1cc[nH]c1C(=O)OC. The summed E-state index contributed by atoms with van der Waals surface area (Å²) in [6.45, 7) is 2.08. The summed E-state index contributed by atoms with van der Waals surface area (Å²) in [6.07, 6.45) is 3.70. The van der Waals surface area contributed by atoms with Crippen molar-refractivity contribution in [1.29, 1.82) is 0 Å². The van der Waals surface area contributed by atoms with Crippen molar-refractivity contribution < 1.29 is 9.53 Å². The average Bonchev–Trinajstić information content (AvgIpc) is 2.52. The van der Waals surface area contributed by atoms with Gasteiger partial charge in [-0.2, -0.15) is 0 Å². The zero-order valence-electron chi connectivity index (χ0n) is 7.39. The topological polar surface area (TPSA) is 42.1 Å². The first-order chi connectivity index (χ1) is 5.79. The van der Waals surface area contributed by atoms with Crippen LogP contribution < -0.4 is 0 Å². The summed E-state index contributed by atoms with van der Waals surface area (Å²) in [5.74, 6) is -0.288. The number of carbonyl (C=O) groups excluding carboxylic acids is 1. The van der Waals surface area contributed by atoms with Crippen molar-refractivity contribution >= 4 is 5.97 Å². The second kappa shape index (κ2) is 3.95. The van der Waals surface area contributed by atoms with E-state index in [-0.39, 0.29) is 5.97 Å². The Kier molecular flexibility index (Phi) is 2.91. The molecule has 1 heterocycles. The molecule has 0 aliphatic carbocycles. The van der Waals surface area contributed by atoms with Crippen LogP contribution in [0.5, 0.6) is 0 Å². The lowest BCUT2D eigenvalue weighted by molar-refractivity contribution is 0.0593. The Morgan fingerprint density at radius 3 is 3.00 bits per heavy atom. The molecule has 0 atom stereocenters. The maximum Gasteiger partial charge on any atom is 0.354 e. The van der Waals surface area contributed by atoms with E-state index in [4.69, 9.17) is 0 Å². The highest BCUT2D eigenvalue weighted by Crippen LogP contribution is 2.09. The largest absolute Gasteiger partial charge is 0.464 e. The smallest absolute Gasteiger partial charge is 0.354 e. The monoisotopic (exact) mass is 167 g/mol. The van der Waals surface area contributed by atoms with Gasteiger partial charge in [0, 0.05) is 6.20 Å². The Morgan fingerprint density at radius 2 is 2.42 bits per heavy atom. The first-order valence-electron chi connectivity index (χ1n) is 4.04. The molecule has 3 heteroatoms. The summed E-state index contributed by atoms with van der Waals surface area (Å²) in [6, 6.07) is 1.91. The molecule has 0 saturated heterocycles. The van der Waals surface area contributed by atoms with E-state index in [1.54, 1.807) is 6.20 Å². The third-order valence-electron chi connectivity index (χ3n) is 1.74. The lowest BCUT2D eigenvalue weighted by Gasteiger charge is -1.99. The first kappa shape index (κ1) is 8.84. The summed E-state index contributed by atoms with van der Waals surface area (Å²) in [5, 5.41) is 0. The second-order valence-electron chi connectivity index (χ2n) is 2.62. The van der Waals surface area contributed by atoms with Gasteiger partial charge in [-0.15, -0.1) is 0 Å². The molecule has 12 heavy (non-hydrogen) atoms. The number of esters is 1. The van der Waals surface area contributed by atoms with Crippen LogP contribution >= 0.6 is 0 Å². The fourth-order valence-electron chi connectivity index (χ4n) is 1.17. The van der Waals surface area contributed by atoms with Crippen LogP contribution in [0.2, 0.25) is 0 Å². The number of nitrogens with one attached hydrogen (secondary N) is 1. The zero-order valence-corrected chi connectivity index (χ0v) is 7.39. The van der Waals surface area contributed by atoms with Crippen molar-refractivity contribution in [3.8, 4) is 0 Å². The van der Waals surface area contributed by atoms with Gasteiger partial charge in [-0.05, 0) is 18.1 Å². The summed E-state index contributed by atoms with van der Waals surface area (Å²) >= 11 is 0. The number of methoxy groups -OCH3 is 1. The van der Waals surface area contributed by atoms with Crippen molar-refractivity contribution in [2.45, 2.75) is 19.8 Å². The number of carbonyl (C=O) groups is 1. The molecule has 1 N–H and O–H groups in total. The van der Waals surface area contributed by atoms with E-state index in [0.29, 0.717) is 5.69 Å². The molecule has 0 spiro atoms. The molecule has 0 unspecified atom stereocenters. The highest BCUT2D eigenvalue weighted by Gasteiger charge is 2.11. The van der Waals surface area contributed by atoms with E-state index in [1.165, 1.54) is 7.11 Å². The minimum absolute atomic E-state index is 0.288. The molecule has 3 nitrogen and oxygen atoms in total. The lowest BCUT2D eigenvalue weighted by Crippen LogP contribution is -2.04. The predicted octanol–water partition coefficient (Wildman–Crippen LogP) is 1.75. The highest BCUT2D eigenvalue weighted by atomic mass is 16.5. The number of aromatic amines is 1. The van der Waals surface area contributed by atoms with Gasteiger partial charge in [0.2, 0.25) is 0 Å². The number of aromatic nitrogens is 1. The molecule has 0 amide bonds. The van der Waals surface area contributed by atoms with E-state index in [0.717, 1.165) is 18.4 Å². The summed E-state index contributed by atoms with van der Waals surface area (Å²) in [5.41, 5.74) is 1.61. The minimum Gasteiger partial charge on any atom is -0.464 e. The van der Waals surface area contributed by atoms with Crippen molar-refractivity contribution in [3.05, 3.63) is 23.5 Å². The van der Waals surface area contributed by atoms with Gasteiger partial charge in [0.15, 0.2) is 0 Å². The van der Waals surface area contributed by atoms with Crippen LogP contribution in [0.3, 0.4) is 0 Å². The standard InChI is InChI=1S/C9H13NO2/c1-3-4-7-5-6-10-8(7)9(11)12-2/h5-6,10H,3-4H2,1-2H3. The van der Waals surface area contributed by atoms with E-state index in [9.17, 15) is 4.79 Å². The van der Waals surface area contributed by atoms with Gasteiger partial charge in [-0.3, -0.25) is 0 Å². The zero-order chi connectivity index (χ0) is 8.97. The molecular weight excluding hydrogens is 154 g/mol. The van der Waals surface area contributed by atoms with Crippen LogP contribution in [-0.2, 0) is 11.2 Å². The summed E-state index contributed by atoms with van der Waals surface area (Å²) in [4.78, 5) is 14.0. The molecule has 1 aromatic heterocycles. The van der Waals surface area contributed by atoms with E-state index >= 15 is 0 Å². The molecular formula is C9H13NO2. The number of hydrogen-bond acceptors (Lipinski definition) is 2. The Labute approximate surface area is 71.7 Å². The molecule has 0 aliphatic heterocycles. The molecule has 0 bridgehead atoms. The maximum atomic E-state index is 11.1. The Hall–Kier alpha value is -1.25. The molecule has 1 aromatic rings. The summed E-state index contributed by atoms with van der Waals surface area (Å²) in [7, 11) is 1.39. The molecule has 0 fully saturated rings. The molecule has 0 aliphatic rings. The Balaban J connectivity index is 2.83. The van der Waals surface area contributed by atoms with Crippen molar-refractivity contribution in [2.24, 2.45) is 0 Å². The van der Waals surface area contributed by atoms with Crippen molar-refractivity contribution in [3.63, 3.8) is 0 Å². The lowest BCUT2D eigenvalue weighted by atomic mass is 10.1. The van der Waals surface area contributed by atoms with E-state index < -0.39 is 0 Å². The van der Waals surface area contributed by atoms with Crippen molar-refractivity contribution in [1.82, 2.24) is 4.98 Å². The van der Waals surface area contributed by atoms with Crippen LogP contribution in [-0.4, -0.2) is 18.1 Å². The number of hydrogen-bond donors (Lipinski definition) is 1. The number of ether oxygens (including phenoxy) is 1. The van der Waals surface area contributed by atoms with E-state index in [1.807, 2.05) is 6.07 Å². The maximum absolute atomic E-state index is 11.1. The van der Waals surface area contributed by atoms with Crippen LogP contribution in [0.4, 0.5) is 0 Å². The van der Waals surface area contributed by atoms with Gasteiger partial charge < -0.3 is 9.72 Å². The highest BCUT2D eigenvalue weighted by molar-refractivity contribution is 5.88. The molecule has 0 aromatic carbocycles. The fourth-order valence-corrected chi connectivity index (χ4v) is 1.17.